The molecular weight excluding hydrogens is 273 g/mol. The molecule has 1 heterocycles. The van der Waals surface area contributed by atoms with E-state index < -0.39 is 0 Å². The molecule has 16 heavy (non-hydrogen) atoms. The normalized spacial score (nSPS) is 12.7. The van der Waals surface area contributed by atoms with Crippen molar-refractivity contribution in [1.82, 2.24) is 0 Å². The molecule has 0 radical (unpaired) electrons. The molecule has 1 atom stereocenters. The van der Waals surface area contributed by atoms with E-state index in [0.29, 0.717) is 6.42 Å². The Hall–Kier alpha value is -1.13. The van der Waals surface area contributed by atoms with Gasteiger partial charge < -0.3 is 10.2 Å². The fraction of sp³-hybridized carbons (Fsp3) is 0.167. The molecule has 0 spiro atoms. The fourth-order valence-electron chi connectivity index (χ4n) is 1.55. The summed E-state index contributed by atoms with van der Waals surface area (Å²) >= 11 is 3.36. The minimum atomic E-state index is -0.284. The van der Waals surface area contributed by atoms with Gasteiger partial charge in [-0.3, -0.25) is 0 Å². The highest BCUT2D eigenvalue weighted by Gasteiger charge is 2.12. The van der Waals surface area contributed by atoms with Gasteiger partial charge in [0.25, 0.3) is 0 Å². The molecule has 0 saturated carbocycles. The van der Waals surface area contributed by atoms with E-state index in [-0.39, 0.29) is 11.9 Å². The lowest BCUT2D eigenvalue weighted by Crippen LogP contribution is -2.13. The summed E-state index contributed by atoms with van der Waals surface area (Å²) in [5.41, 5.74) is 6.75. The van der Waals surface area contributed by atoms with Crippen LogP contribution in [0.15, 0.2) is 45.5 Å². The Balaban J connectivity index is 2.20. The van der Waals surface area contributed by atoms with E-state index in [1.165, 1.54) is 12.1 Å². The van der Waals surface area contributed by atoms with Gasteiger partial charge in [0.2, 0.25) is 0 Å². The summed E-state index contributed by atoms with van der Waals surface area (Å²) in [4.78, 5) is 0. The maximum atomic E-state index is 13.1. The Kier molecular flexibility index (Phi) is 3.41. The van der Waals surface area contributed by atoms with Crippen LogP contribution in [0.2, 0.25) is 0 Å². The zero-order chi connectivity index (χ0) is 11.5. The van der Waals surface area contributed by atoms with E-state index in [1.54, 1.807) is 12.3 Å². The number of furan rings is 1. The third-order valence-corrected chi connectivity index (χ3v) is 3.08. The van der Waals surface area contributed by atoms with E-state index in [2.05, 4.69) is 15.9 Å². The molecule has 2 nitrogen and oxygen atoms in total. The van der Waals surface area contributed by atoms with Gasteiger partial charge in [0.05, 0.1) is 6.26 Å². The first-order valence-electron chi connectivity index (χ1n) is 4.89. The van der Waals surface area contributed by atoms with Crippen LogP contribution in [-0.2, 0) is 6.42 Å². The molecule has 84 valence electrons. The minimum absolute atomic E-state index is 0.281. The van der Waals surface area contributed by atoms with E-state index in [1.807, 2.05) is 12.1 Å². The number of halogens is 2. The Bertz CT molecular complexity index is 470. The van der Waals surface area contributed by atoms with Gasteiger partial charge in [0, 0.05) is 16.9 Å². The molecule has 2 rings (SSSR count). The lowest BCUT2D eigenvalue weighted by molar-refractivity contribution is 0.487. The van der Waals surface area contributed by atoms with Crippen molar-refractivity contribution in [3.63, 3.8) is 0 Å². The standard InChI is InChI=1S/C12H11BrFNO/c13-11-4-3-8(14)6-10(11)12(15)7-9-2-1-5-16-9/h1-6,12H,7,15H2. The molecule has 2 N–H and O–H groups in total. The number of hydrogen-bond acceptors (Lipinski definition) is 2. The second kappa shape index (κ2) is 4.80. The maximum absolute atomic E-state index is 13.1. The van der Waals surface area contributed by atoms with Crippen LogP contribution >= 0.6 is 15.9 Å². The van der Waals surface area contributed by atoms with Gasteiger partial charge in [-0.1, -0.05) is 15.9 Å². The molecule has 2 aromatic rings. The van der Waals surface area contributed by atoms with E-state index in [4.69, 9.17) is 10.2 Å². The predicted octanol–water partition coefficient (Wildman–Crippen LogP) is 3.42. The van der Waals surface area contributed by atoms with Crippen LogP contribution in [0.1, 0.15) is 17.4 Å². The van der Waals surface area contributed by atoms with Gasteiger partial charge in [-0.25, -0.2) is 4.39 Å². The van der Waals surface area contributed by atoms with Gasteiger partial charge in [0.15, 0.2) is 0 Å². The third-order valence-electron chi connectivity index (χ3n) is 2.36. The maximum Gasteiger partial charge on any atom is 0.123 e. The molecule has 0 aliphatic rings. The van der Waals surface area contributed by atoms with Crippen molar-refractivity contribution in [2.24, 2.45) is 5.73 Å². The van der Waals surface area contributed by atoms with Crippen LogP contribution in [0.25, 0.3) is 0 Å². The highest BCUT2D eigenvalue weighted by molar-refractivity contribution is 9.10. The molecule has 4 heteroatoms. The Morgan fingerprint density at radius 2 is 2.19 bits per heavy atom. The molecule has 0 bridgehead atoms. The molecule has 0 aliphatic heterocycles. The second-order valence-electron chi connectivity index (χ2n) is 3.56. The van der Waals surface area contributed by atoms with Gasteiger partial charge in [-0.2, -0.15) is 0 Å². The molecule has 1 aromatic carbocycles. The number of nitrogens with two attached hydrogens (primary N) is 1. The Labute approximate surface area is 101 Å². The van der Waals surface area contributed by atoms with Crippen molar-refractivity contribution in [2.45, 2.75) is 12.5 Å². The van der Waals surface area contributed by atoms with E-state index in [9.17, 15) is 4.39 Å². The summed E-state index contributed by atoms with van der Waals surface area (Å²) in [6, 6.07) is 7.88. The van der Waals surface area contributed by atoms with Gasteiger partial charge >= 0.3 is 0 Å². The smallest absolute Gasteiger partial charge is 0.123 e. The van der Waals surface area contributed by atoms with Gasteiger partial charge in [-0.05, 0) is 35.9 Å². The molecule has 0 saturated heterocycles. The molecule has 1 aromatic heterocycles. The summed E-state index contributed by atoms with van der Waals surface area (Å²) < 4.78 is 19.1. The first kappa shape index (κ1) is 11.4. The molecule has 0 amide bonds. The molecular formula is C12H11BrFNO. The highest BCUT2D eigenvalue weighted by Crippen LogP contribution is 2.25. The zero-order valence-electron chi connectivity index (χ0n) is 8.49. The van der Waals surface area contributed by atoms with Crippen molar-refractivity contribution in [3.8, 4) is 0 Å². The van der Waals surface area contributed by atoms with Crippen LogP contribution in [0, 0.1) is 5.82 Å². The van der Waals surface area contributed by atoms with Crippen LogP contribution in [0.4, 0.5) is 4.39 Å². The monoisotopic (exact) mass is 283 g/mol. The van der Waals surface area contributed by atoms with Gasteiger partial charge in [0.1, 0.15) is 11.6 Å². The van der Waals surface area contributed by atoms with Crippen molar-refractivity contribution in [2.75, 3.05) is 0 Å². The van der Waals surface area contributed by atoms with Crippen molar-refractivity contribution in [3.05, 3.63) is 58.2 Å². The summed E-state index contributed by atoms with van der Waals surface area (Å²) in [6.45, 7) is 0. The summed E-state index contributed by atoms with van der Waals surface area (Å²) in [5.74, 6) is 0.511. The van der Waals surface area contributed by atoms with Crippen molar-refractivity contribution >= 4 is 15.9 Å². The Morgan fingerprint density at radius 3 is 2.88 bits per heavy atom. The van der Waals surface area contributed by atoms with E-state index in [0.717, 1.165) is 15.8 Å². The predicted molar refractivity (Wildman–Crippen MR) is 63.4 cm³/mol. The molecule has 0 aliphatic carbocycles. The summed E-state index contributed by atoms with van der Waals surface area (Å²) in [5, 5.41) is 0. The van der Waals surface area contributed by atoms with Crippen molar-refractivity contribution < 1.29 is 8.81 Å². The van der Waals surface area contributed by atoms with Crippen LogP contribution in [0.5, 0.6) is 0 Å². The molecule has 1 unspecified atom stereocenters. The highest BCUT2D eigenvalue weighted by atomic mass is 79.9. The summed E-state index contributed by atoms with van der Waals surface area (Å²) in [6.07, 6.45) is 2.15. The zero-order valence-corrected chi connectivity index (χ0v) is 10.1. The minimum Gasteiger partial charge on any atom is -0.469 e. The largest absolute Gasteiger partial charge is 0.469 e. The average molecular weight is 284 g/mol. The lowest BCUT2D eigenvalue weighted by atomic mass is 10.0. The topological polar surface area (TPSA) is 39.2 Å². The third kappa shape index (κ3) is 2.51. The first-order chi connectivity index (χ1) is 7.66. The Morgan fingerprint density at radius 1 is 1.38 bits per heavy atom. The van der Waals surface area contributed by atoms with Crippen molar-refractivity contribution in [1.29, 1.82) is 0 Å². The van der Waals surface area contributed by atoms with Crippen LogP contribution in [-0.4, -0.2) is 0 Å². The number of benzene rings is 1. The lowest BCUT2D eigenvalue weighted by Gasteiger charge is -2.12. The molecule has 0 fully saturated rings. The first-order valence-corrected chi connectivity index (χ1v) is 5.69. The summed E-state index contributed by atoms with van der Waals surface area (Å²) in [7, 11) is 0. The fourth-order valence-corrected chi connectivity index (χ4v) is 2.09. The number of hydrogen-bond donors (Lipinski definition) is 1. The SMILES string of the molecule is NC(Cc1ccco1)c1cc(F)ccc1Br. The van der Waals surface area contributed by atoms with E-state index >= 15 is 0 Å². The quantitative estimate of drug-likeness (QED) is 0.938. The van der Waals surface area contributed by atoms with Crippen LogP contribution in [0.3, 0.4) is 0 Å². The number of rotatable bonds is 3. The van der Waals surface area contributed by atoms with Gasteiger partial charge in [-0.15, -0.1) is 0 Å². The van der Waals surface area contributed by atoms with Crippen LogP contribution < -0.4 is 5.73 Å². The second-order valence-corrected chi connectivity index (χ2v) is 4.41. The average Bonchev–Trinajstić information content (AvgIpc) is 2.74.